The van der Waals surface area contributed by atoms with E-state index in [1.165, 1.54) is 24.5 Å². The number of nitrogens with one attached hydrogen (secondary N) is 1. The number of hydrogen-bond acceptors (Lipinski definition) is 3. The molecule has 0 amide bonds. The molecule has 0 bridgehead atoms. The number of rotatable bonds is 3. The van der Waals surface area contributed by atoms with Crippen LogP contribution in [0.4, 0.5) is 4.39 Å². The van der Waals surface area contributed by atoms with Gasteiger partial charge in [0.15, 0.2) is 11.5 Å². The Labute approximate surface area is 163 Å². The van der Waals surface area contributed by atoms with Crippen molar-refractivity contribution in [3.05, 3.63) is 59.0 Å². The van der Waals surface area contributed by atoms with Gasteiger partial charge in [-0.25, -0.2) is 4.39 Å². The lowest BCUT2D eigenvalue weighted by molar-refractivity contribution is 0.349. The molecule has 0 unspecified atom stereocenters. The van der Waals surface area contributed by atoms with Gasteiger partial charge in [-0.05, 0) is 54.8 Å². The van der Waals surface area contributed by atoms with E-state index in [2.05, 4.69) is 11.1 Å². The summed E-state index contributed by atoms with van der Waals surface area (Å²) in [5.74, 6) is 1.63. The largest absolute Gasteiger partial charge is 0.493 e. The van der Waals surface area contributed by atoms with E-state index in [-0.39, 0.29) is 11.9 Å². The molecule has 1 aliphatic heterocycles. The van der Waals surface area contributed by atoms with Gasteiger partial charge in [-0.3, -0.25) is 4.99 Å². The van der Waals surface area contributed by atoms with E-state index in [0.29, 0.717) is 11.7 Å². The summed E-state index contributed by atoms with van der Waals surface area (Å²) in [6.07, 6.45) is 4.67. The van der Waals surface area contributed by atoms with Crippen molar-refractivity contribution in [2.75, 3.05) is 14.2 Å². The molecular weight excluding hydrogens is 355 g/mol. The molecule has 0 radical (unpaired) electrons. The maximum Gasteiger partial charge on any atom is 0.161 e. The third-order valence-corrected chi connectivity index (χ3v) is 6.07. The minimum absolute atomic E-state index is 0.234. The average molecular weight is 378 g/mol. The van der Waals surface area contributed by atoms with Crippen molar-refractivity contribution in [3.8, 4) is 11.5 Å². The molecule has 28 heavy (non-hydrogen) atoms. The van der Waals surface area contributed by atoms with Crippen LogP contribution < -0.4 is 9.47 Å². The Hall–Kier alpha value is -2.82. The third kappa shape index (κ3) is 2.68. The van der Waals surface area contributed by atoms with E-state index >= 15 is 0 Å². The van der Waals surface area contributed by atoms with Crippen molar-refractivity contribution in [2.45, 2.75) is 37.6 Å². The molecule has 2 aliphatic rings. The van der Waals surface area contributed by atoms with Crippen LogP contribution in [0, 0.1) is 5.82 Å². The molecule has 4 nitrogen and oxygen atoms in total. The average Bonchev–Trinajstić information content (AvgIpc) is 3.15. The predicted octanol–water partition coefficient (Wildman–Crippen LogP) is 5.20. The molecule has 5 rings (SSSR count). The second-order valence-electron chi connectivity index (χ2n) is 7.65. The van der Waals surface area contributed by atoms with Gasteiger partial charge < -0.3 is 14.5 Å². The molecule has 1 N–H and O–H groups in total. The van der Waals surface area contributed by atoms with E-state index in [4.69, 9.17) is 14.5 Å². The van der Waals surface area contributed by atoms with Crippen LogP contribution in [0.25, 0.3) is 10.9 Å². The Bertz CT molecular complexity index is 1090. The molecule has 1 fully saturated rings. The molecule has 2 heterocycles. The Morgan fingerprint density at radius 3 is 2.61 bits per heavy atom. The molecule has 144 valence electrons. The molecule has 1 aromatic heterocycles. The lowest BCUT2D eigenvalue weighted by atomic mass is 9.75. The monoisotopic (exact) mass is 378 g/mol. The molecule has 2 atom stereocenters. The van der Waals surface area contributed by atoms with Crippen LogP contribution >= 0.6 is 0 Å². The SMILES string of the molecule is COc1cc2c(cc1OC)[C@@H]1CCCC[C@@H]1N=C2c1cc2cc(F)ccc2[nH]1. The smallest absolute Gasteiger partial charge is 0.161 e. The maximum atomic E-state index is 13.7. The number of aromatic amines is 1. The number of benzene rings is 2. The lowest BCUT2D eigenvalue weighted by Gasteiger charge is -2.35. The van der Waals surface area contributed by atoms with Crippen LogP contribution in [0.1, 0.15) is 48.4 Å². The van der Waals surface area contributed by atoms with Crippen LogP contribution in [0.2, 0.25) is 0 Å². The summed E-state index contributed by atoms with van der Waals surface area (Å²) in [6.45, 7) is 0. The standard InChI is InChI=1S/C23H23FN2O2/c1-27-21-11-16-15-5-3-4-6-19(15)26-23(17(16)12-22(21)28-2)20-10-13-9-14(24)7-8-18(13)25-20/h7-12,15,19,25H,3-6H2,1-2H3/t15-,19-/m0/s1. The number of aromatic nitrogens is 1. The van der Waals surface area contributed by atoms with Gasteiger partial charge in [-0.15, -0.1) is 0 Å². The summed E-state index contributed by atoms with van der Waals surface area (Å²) in [5, 5.41) is 0.852. The van der Waals surface area contributed by atoms with Crippen molar-refractivity contribution in [2.24, 2.45) is 4.99 Å². The second-order valence-corrected chi connectivity index (χ2v) is 7.65. The molecule has 0 saturated heterocycles. The number of hydrogen-bond donors (Lipinski definition) is 1. The number of methoxy groups -OCH3 is 2. The molecule has 2 aromatic carbocycles. The summed E-state index contributed by atoms with van der Waals surface area (Å²) < 4.78 is 24.8. The minimum Gasteiger partial charge on any atom is -0.493 e. The van der Waals surface area contributed by atoms with Gasteiger partial charge in [0.05, 0.1) is 31.7 Å². The maximum absolute atomic E-state index is 13.7. The highest BCUT2D eigenvalue weighted by Gasteiger charge is 2.35. The van der Waals surface area contributed by atoms with Crippen LogP contribution in [0.3, 0.4) is 0 Å². The number of H-pyrrole nitrogens is 1. The van der Waals surface area contributed by atoms with Crippen LogP contribution in [-0.2, 0) is 0 Å². The second kappa shape index (κ2) is 6.66. The van der Waals surface area contributed by atoms with Gasteiger partial charge in [-0.2, -0.15) is 0 Å². The number of halogens is 1. The molecule has 3 aromatic rings. The third-order valence-electron chi connectivity index (χ3n) is 6.07. The van der Waals surface area contributed by atoms with Crippen LogP contribution in [-0.4, -0.2) is 31.0 Å². The summed E-state index contributed by atoms with van der Waals surface area (Å²) in [6, 6.07) is 11.2. The number of fused-ring (bicyclic) bond motifs is 4. The highest BCUT2D eigenvalue weighted by molar-refractivity contribution is 6.15. The topological polar surface area (TPSA) is 46.6 Å². The van der Waals surface area contributed by atoms with E-state index in [1.54, 1.807) is 26.4 Å². The molecule has 1 aliphatic carbocycles. The first-order valence-electron chi connectivity index (χ1n) is 9.80. The first-order chi connectivity index (χ1) is 13.7. The normalized spacial score (nSPS) is 21.0. The molecule has 5 heteroatoms. The lowest BCUT2D eigenvalue weighted by Crippen LogP contribution is -2.29. The quantitative estimate of drug-likeness (QED) is 0.681. The predicted molar refractivity (Wildman–Crippen MR) is 108 cm³/mol. The Kier molecular flexibility index (Phi) is 4.11. The van der Waals surface area contributed by atoms with Gasteiger partial charge in [0.2, 0.25) is 0 Å². The summed E-state index contributed by atoms with van der Waals surface area (Å²) >= 11 is 0. The van der Waals surface area contributed by atoms with E-state index in [0.717, 1.165) is 46.5 Å². The van der Waals surface area contributed by atoms with Gasteiger partial charge in [0.25, 0.3) is 0 Å². The highest BCUT2D eigenvalue weighted by Crippen LogP contribution is 2.44. The zero-order valence-corrected chi connectivity index (χ0v) is 16.1. The van der Waals surface area contributed by atoms with Crippen molar-refractivity contribution in [3.63, 3.8) is 0 Å². The zero-order chi connectivity index (χ0) is 19.3. The summed E-state index contributed by atoms with van der Waals surface area (Å²) in [7, 11) is 3.33. The summed E-state index contributed by atoms with van der Waals surface area (Å²) in [5.41, 5.74) is 5.10. The van der Waals surface area contributed by atoms with E-state index in [1.807, 2.05) is 12.1 Å². The first-order valence-corrected chi connectivity index (χ1v) is 9.80. The molecular formula is C23H23FN2O2. The van der Waals surface area contributed by atoms with Crippen molar-refractivity contribution in [1.82, 2.24) is 4.98 Å². The van der Waals surface area contributed by atoms with Gasteiger partial charge in [0, 0.05) is 22.4 Å². The van der Waals surface area contributed by atoms with Gasteiger partial charge in [0.1, 0.15) is 5.82 Å². The van der Waals surface area contributed by atoms with Gasteiger partial charge >= 0.3 is 0 Å². The number of ether oxygens (including phenoxy) is 2. The Morgan fingerprint density at radius 1 is 1.00 bits per heavy atom. The van der Waals surface area contributed by atoms with Crippen molar-refractivity contribution in [1.29, 1.82) is 0 Å². The van der Waals surface area contributed by atoms with Crippen LogP contribution in [0.15, 0.2) is 41.4 Å². The van der Waals surface area contributed by atoms with Crippen molar-refractivity contribution >= 4 is 16.6 Å². The fourth-order valence-electron chi connectivity index (χ4n) is 4.72. The zero-order valence-electron chi connectivity index (χ0n) is 16.1. The molecule has 1 saturated carbocycles. The fourth-order valence-corrected chi connectivity index (χ4v) is 4.72. The van der Waals surface area contributed by atoms with Crippen molar-refractivity contribution < 1.29 is 13.9 Å². The van der Waals surface area contributed by atoms with E-state index in [9.17, 15) is 4.39 Å². The number of aliphatic imine (C=N–C) groups is 1. The fraction of sp³-hybridized carbons (Fsp3) is 0.348. The minimum atomic E-state index is -0.234. The van der Waals surface area contributed by atoms with Crippen LogP contribution in [0.5, 0.6) is 11.5 Å². The molecule has 0 spiro atoms. The highest BCUT2D eigenvalue weighted by atomic mass is 19.1. The number of nitrogens with zero attached hydrogens (tertiary/aromatic N) is 1. The summed E-state index contributed by atoms with van der Waals surface area (Å²) in [4.78, 5) is 8.58. The Morgan fingerprint density at radius 2 is 1.79 bits per heavy atom. The van der Waals surface area contributed by atoms with Gasteiger partial charge in [-0.1, -0.05) is 12.8 Å². The Balaban J connectivity index is 1.71. The van der Waals surface area contributed by atoms with E-state index < -0.39 is 0 Å². The first kappa shape index (κ1) is 17.3.